The Morgan fingerprint density at radius 1 is 1.30 bits per heavy atom. The molecule has 102 valence electrons. The van der Waals surface area contributed by atoms with Gasteiger partial charge in [0.1, 0.15) is 11.9 Å². The zero-order valence-electron chi connectivity index (χ0n) is 11.8. The Kier molecular flexibility index (Phi) is 4.56. The molecule has 0 saturated carbocycles. The molecule has 0 unspecified atom stereocenters. The van der Waals surface area contributed by atoms with Crippen LogP contribution in [-0.4, -0.2) is 18.6 Å². The number of pyridine rings is 1. The molecule has 0 aliphatic carbocycles. The quantitative estimate of drug-likeness (QED) is 0.899. The second-order valence-electron chi connectivity index (χ2n) is 4.51. The van der Waals surface area contributed by atoms with Gasteiger partial charge in [-0.25, -0.2) is 4.98 Å². The van der Waals surface area contributed by atoms with Crippen LogP contribution < -0.4 is 10.2 Å². The van der Waals surface area contributed by atoms with Crippen LogP contribution in [0.4, 0.5) is 17.2 Å². The van der Waals surface area contributed by atoms with Crippen molar-refractivity contribution in [3.05, 3.63) is 48.2 Å². The van der Waals surface area contributed by atoms with E-state index in [0.29, 0.717) is 5.56 Å². The van der Waals surface area contributed by atoms with Gasteiger partial charge in [0.15, 0.2) is 0 Å². The number of para-hydroxylation sites is 1. The van der Waals surface area contributed by atoms with Gasteiger partial charge < -0.3 is 10.2 Å². The number of benzene rings is 1. The number of anilines is 3. The van der Waals surface area contributed by atoms with Crippen LogP contribution in [0.3, 0.4) is 0 Å². The fraction of sp³-hybridized carbons (Fsp3) is 0.250. The van der Waals surface area contributed by atoms with E-state index >= 15 is 0 Å². The predicted molar refractivity (Wildman–Crippen MR) is 82.2 cm³/mol. The number of nitrogens with zero attached hydrogens (tertiary/aromatic N) is 3. The van der Waals surface area contributed by atoms with Crippen molar-refractivity contribution in [2.45, 2.75) is 13.3 Å². The third-order valence-corrected chi connectivity index (χ3v) is 3.07. The molecule has 1 aromatic carbocycles. The highest BCUT2D eigenvalue weighted by Crippen LogP contribution is 2.27. The van der Waals surface area contributed by atoms with Gasteiger partial charge in [-0.05, 0) is 24.6 Å². The van der Waals surface area contributed by atoms with Crippen molar-refractivity contribution in [1.82, 2.24) is 4.98 Å². The predicted octanol–water partition coefficient (Wildman–Crippen LogP) is 3.54. The number of nitriles is 1. The zero-order valence-corrected chi connectivity index (χ0v) is 11.8. The first-order valence-corrected chi connectivity index (χ1v) is 6.69. The first kappa shape index (κ1) is 13.9. The molecule has 1 heterocycles. The number of rotatable bonds is 5. The second kappa shape index (κ2) is 6.58. The van der Waals surface area contributed by atoms with E-state index in [1.165, 1.54) is 0 Å². The molecule has 4 nitrogen and oxygen atoms in total. The van der Waals surface area contributed by atoms with E-state index in [2.05, 4.69) is 23.3 Å². The third-order valence-electron chi connectivity index (χ3n) is 3.07. The molecule has 0 fully saturated rings. The van der Waals surface area contributed by atoms with Gasteiger partial charge in [-0.3, -0.25) is 0 Å². The first-order chi connectivity index (χ1) is 9.76. The van der Waals surface area contributed by atoms with Crippen LogP contribution in [0.15, 0.2) is 42.6 Å². The summed E-state index contributed by atoms with van der Waals surface area (Å²) in [7, 11) is 1.95. The maximum Gasteiger partial charge on any atom is 0.127 e. The Labute approximate surface area is 119 Å². The molecule has 0 amide bonds. The monoisotopic (exact) mass is 266 g/mol. The Bertz CT molecular complexity index is 616. The van der Waals surface area contributed by atoms with Crippen molar-refractivity contribution >= 4 is 17.2 Å². The Hall–Kier alpha value is -2.54. The van der Waals surface area contributed by atoms with Crippen LogP contribution in [0.1, 0.15) is 18.9 Å². The standard InChI is InChI=1S/C16H18N4/c1-3-9-18-16-11-14(8-10-19-16)20(2)15-7-5-4-6-13(15)12-17/h4-8,10-11H,3,9H2,1-2H3,(H,18,19). The van der Waals surface area contributed by atoms with Crippen LogP contribution in [0, 0.1) is 11.3 Å². The van der Waals surface area contributed by atoms with Crippen molar-refractivity contribution in [1.29, 1.82) is 5.26 Å². The minimum atomic E-state index is 0.662. The summed E-state index contributed by atoms with van der Waals surface area (Å²) in [5.41, 5.74) is 2.55. The van der Waals surface area contributed by atoms with Crippen LogP contribution >= 0.6 is 0 Å². The molecule has 2 rings (SSSR count). The fourth-order valence-corrected chi connectivity index (χ4v) is 1.98. The molecule has 20 heavy (non-hydrogen) atoms. The van der Waals surface area contributed by atoms with Crippen LogP contribution in [0.5, 0.6) is 0 Å². The van der Waals surface area contributed by atoms with Gasteiger partial charge in [0.2, 0.25) is 0 Å². The molecule has 1 aromatic heterocycles. The van der Waals surface area contributed by atoms with E-state index in [1.807, 2.05) is 48.3 Å². The van der Waals surface area contributed by atoms with Gasteiger partial charge in [0.25, 0.3) is 0 Å². The molecule has 0 bridgehead atoms. The van der Waals surface area contributed by atoms with Gasteiger partial charge in [-0.15, -0.1) is 0 Å². The van der Waals surface area contributed by atoms with E-state index in [1.54, 1.807) is 6.20 Å². The Morgan fingerprint density at radius 2 is 2.10 bits per heavy atom. The highest BCUT2D eigenvalue weighted by atomic mass is 15.1. The third kappa shape index (κ3) is 3.07. The summed E-state index contributed by atoms with van der Waals surface area (Å²) in [6.07, 6.45) is 2.83. The van der Waals surface area contributed by atoms with Crippen molar-refractivity contribution in [3.8, 4) is 6.07 Å². The van der Waals surface area contributed by atoms with E-state index in [-0.39, 0.29) is 0 Å². The zero-order chi connectivity index (χ0) is 14.4. The number of aromatic nitrogens is 1. The van der Waals surface area contributed by atoms with Gasteiger partial charge in [0.05, 0.1) is 11.3 Å². The SMILES string of the molecule is CCCNc1cc(N(C)c2ccccc2C#N)ccn1. The van der Waals surface area contributed by atoms with Gasteiger partial charge in [0, 0.05) is 31.5 Å². The van der Waals surface area contributed by atoms with E-state index in [4.69, 9.17) is 0 Å². The largest absolute Gasteiger partial charge is 0.370 e. The lowest BCUT2D eigenvalue weighted by atomic mass is 10.1. The average Bonchev–Trinajstić information content (AvgIpc) is 2.52. The van der Waals surface area contributed by atoms with Gasteiger partial charge in [-0.1, -0.05) is 19.1 Å². The molecule has 2 aromatic rings. The Morgan fingerprint density at radius 3 is 2.85 bits per heavy atom. The highest BCUT2D eigenvalue weighted by molar-refractivity contribution is 5.69. The Balaban J connectivity index is 2.29. The molecule has 0 spiro atoms. The molecule has 0 saturated heterocycles. The van der Waals surface area contributed by atoms with Crippen LogP contribution in [0.25, 0.3) is 0 Å². The van der Waals surface area contributed by atoms with E-state index in [0.717, 1.165) is 30.2 Å². The first-order valence-electron chi connectivity index (χ1n) is 6.69. The van der Waals surface area contributed by atoms with Crippen molar-refractivity contribution in [2.75, 3.05) is 23.8 Å². The normalized spacial score (nSPS) is 9.85. The molecule has 1 N–H and O–H groups in total. The molecular weight excluding hydrogens is 248 g/mol. The lowest BCUT2D eigenvalue weighted by Gasteiger charge is -2.21. The highest BCUT2D eigenvalue weighted by Gasteiger charge is 2.09. The molecule has 4 heteroatoms. The summed E-state index contributed by atoms with van der Waals surface area (Å²) in [6, 6.07) is 13.7. The summed E-state index contributed by atoms with van der Waals surface area (Å²) in [5.74, 6) is 0.852. The lowest BCUT2D eigenvalue weighted by molar-refractivity contribution is 0.968. The molecule has 0 atom stereocenters. The summed E-state index contributed by atoms with van der Waals surface area (Å²) < 4.78 is 0. The minimum absolute atomic E-state index is 0.662. The minimum Gasteiger partial charge on any atom is -0.370 e. The molecular formula is C16H18N4. The van der Waals surface area contributed by atoms with E-state index in [9.17, 15) is 5.26 Å². The molecule has 0 aliphatic heterocycles. The van der Waals surface area contributed by atoms with Gasteiger partial charge in [-0.2, -0.15) is 5.26 Å². The molecule has 0 radical (unpaired) electrons. The van der Waals surface area contributed by atoms with Crippen molar-refractivity contribution in [2.24, 2.45) is 0 Å². The fourth-order valence-electron chi connectivity index (χ4n) is 1.98. The summed E-state index contributed by atoms with van der Waals surface area (Å²) in [4.78, 5) is 6.29. The molecule has 0 aliphatic rings. The van der Waals surface area contributed by atoms with Crippen LogP contribution in [0.2, 0.25) is 0 Å². The maximum atomic E-state index is 9.18. The average molecular weight is 266 g/mol. The smallest absolute Gasteiger partial charge is 0.127 e. The second-order valence-corrected chi connectivity index (χ2v) is 4.51. The number of hydrogen-bond acceptors (Lipinski definition) is 4. The number of nitrogens with one attached hydrogen (secondary N) is 1. The lowest BCUT2D eigenvalue weighted by Crippen LogP contribution is -2.12. The van der Waals surface area contributed by atoms with Crippen molar-refractivity contribution < 1.29 is 0 Å². The van der Waals surface area contributed by atoms with Crippen molar-refractivity contribution in [3.63, 3.8) is 0 Å². The van der Waals surface area contributed by atoms with E-state index < -0.39 is 0 Å². The number of hydrogen-bond donors (Lipinski definition) is 1. The van der Waals surface area contributed by atoms with Crippen LogP contribution in [-0.2, 0) is 0 Å². The summed E-state index contributed by atoms with van der Waals surface area (Å²) in [5, 5.41) is 12.5. The summed E-state index contributed by atoms with van der Waals surface area (Å²) >= 11 is 0. The topological polar surface area (TPSA) is 52.0 Å². The van der Waals surface area contributed by atoms with Gasteiger partial charge >= 0.3 is 0 Å². The summed E-state index contributed by atoms with van der Waals surface area (Å²) in [6.45, 7) is 3.01. The maximum absolute atomic E-state index is 9.18.